The van der Waals surface area contributed by atoms with Crippen molar-refractivity contribution < 1.29 is 4.39 Å². The van der Waals surface area contributed by atoms with E-state index in [9.17, 15) is 4.39 Å². The fourth-order valence-corrected chi connectivity index (χ4v) is 2.96. The van der Waals surface area contributed by atoms with Crippen molar-refractivity contribution in [1.29, 1.82) is 0 Å². The lowest BCUT2D eigenvalue weighted by Crippen LogP contribution is -2.30. The Morgan fingerprint density at radius 1 is 1.29 bits per heavy atom. The first-order valence-corrected chi connectivity index (χ1v) is 7.78. The topological polar surface area (TPSA) is 29.3 Å². The molecule has 2 nitrogen and oxygen atoms in total. The Labute approximate surface area is 137 Å². The lowest BCUT2D eigenvalue weighted by atomic mass is 10.0. The van der Waals surface area contributed by atoms with Gasteiger partial charge in [-0.2, -0.15) is 0 Å². The minimum Gasteiger partial charge on any atom is -0.329 e. The minimum absolute atomic E-state index is 0.193. The van der Waals surface area contributed by atoms with Gasteiger partial charge in [0.2, 0.25) is 0 Å². The van der Waals surface area contributed by atoms with Crippen LogP contribution < -0.4 is 5.73 Å². The van der Waals surface area contributed by atoms with Crippen LogP contribution in [-0.4, -0.2) is 18.5 Å². The van der Waals surface area contributed by atoms with Gasteiger partial charge >= 0.3 is 0 Å². The first-order valence-electron chi connectivity index (χ1n) is 6.61. The second-order valence-corrected chi connectivity index (χ2v) is 6.31. The summed E-state index contributed by atoms with van der Waals surface area (Å²) in [4.78, 5) is 2.04. The molecule has 0 saturated heterocycles. The van der Waals surface area contributed by atoms with Gasteiger partial charge in [0.1, 0.15) is 5.82 Å². The van der Waals surface area contributed by atoms with E-state index >= 15 is 0 Å². The minimum atomic E-state index is -0.320. The summed E-state index contributed by atoms with van der Waals surface area (Å²) < 4.78 is 15.1. The second-order valence-electron chi connectivity index (χ2n) is 4.96. The zero-order valence-corrected chi connectivity index (χ0v) is 14.0. The van der Waals surface area contributed by atoms with E-state index in [-0.39, 0.29) is 11.9 Å². The molecule has 21 heavy (non-hydrogen) atoms. The van der Waals surface area contributed by atoms with E-state index in [1.807, 2.05) is 36.2 Å². The SMILES string of the molecule is CN(Cc1cccc(Br)c1)C(CN)c1ccc(Cl)cc1F. The van der Waals surface area contributed by atoms with Gasteiger partial charge in [-0.1, -0.05) is 45.7 Å². The third-order valence-electron chi connectivity index (χ3n) is 3.40. The number of halogens is 3. The summed E-state index contributed by atoms with van der Waals surface area (Å²) in [6.07, 6.45) is 0. The van der Waals surface area contributed by atoms with Crippen LogP contribution in [0.4, 0.5) is 4.39 Å². The number of hydrogen-bond donors (Lipinski definition) is 1. The highest BCUT2D eigenvalue weighted by Crippen LogP contribution is 2.25. The summed E-state index contributed by atoms with van der Waals surface area (Å²) in [6.45, 7) is 1.02. The van der Waals surface area contributed by atoms with E-state index in [0.717, 1.165) is 10.0 Å². The van der Waals surface area contributed by atoms with Crippen molar-refractivity contribution in [1.82, 2.24) is 4.90 Å². The summed E-state index contributed by atoms with van der Waals surface area (Å²) in [5.74, 6) is -0.320. The van der Waals surface area contributed by atoms with Crippen LogP contribution in [0.15, 0.2) is 46.9 Å². The van der Waals surface area contributed by atoms with E-state index in [2.05, 4.69) is 15.9 Å². The van der Waals surface area contributed by atoms with E-state index in [4.69, 9.17) is 17.3 Å². The molecule has 5 heteroatoms. The van der Waals surface area contributed by atoms with Crippen LogP contribution in [0.25, 0.3) is 0 Å². The Kier molecular flexibility index (Phi) is 5.76. The Hall–Kier alpha value is -0.940. The van der Waals surface area contributed by atoms with Crippen LogP contribution in [-0.2, 0) is 6.54 Å². The van der Waals surface area contributed by atoms with Crippen LogP contribution in [0.3, 0.4) is 0 Å². The molecule has 0 spiro atoms. The fourth-order valence-electron chi connectivity index (χ4n) is 2.35. The van der Waals surface area contributed by atoms with Crippen molar-refractivity contribution in [3.05, 3.63) is 68.9 Å². The van der Waals surface area contributed by atoms with Gasteiger partial charge in [0.05, 0.1) is 0 Å². The molecular weight excluding hydrogens is 355 g/mol. The monoisotopic (exact) mass is 370 g/mol. The first-order chi connectivity index (χ1) is 10.0. The molecule has 2 aromatic rings. The average Bonchev–Trinajstić information content (AvgIpc) is 2.42. The maximum Gasteiger partial charge on any atom is 0.129 e. The van der Waals surface area contributed by atoms with E-state index in [1.54, 1.807) is 12.1 Å². The third-order valence-corrected chi connectivity index (χ3v) is 4.13. The predicted octanol–water partition coefficient (Wildman–Crippen LogP) is 4.37. The van der Waals surface area contributed by atoms with Gasteiger partial charge < -0.3 is 5.73 Å². The summed E-state index contributed by atoms with van der Waals surface area (Å²) in [5, 5.41) is 0.390. The van der Waals surface area contributed by atoms with Gasteiger partial charge in [-0.3, -0.25) is 4.90 Å². The van der Waals surface area contributed by atoms with Gasteiger partial charge in [0.25, 0.3) is 0 Å². The standard InChI is InChI=1S/C16H17BrClFN2/c1-21(10-11-3-2-4-12(17)7-11)16(9-20)14-6-5-13(18)8-15(14)19/h2-8,16H,9-10,20H2,1H3. The molecule has 0 aliphatic heterocycles. The lowest BCUT2D eigenvalue weighted by Gasteiger charge is -2.28. The summed E-state index contributed by atoms with van der Waals surface area (Å²) in [6, 6.07) is 12.6. The predicted molar refractivity (Wildman–Crippen MR) is 88.8 cm³/mol. The van der Waals surface area contributed by atoms with Crippen molar-refractivity contribution in [3.8, 4) is 0 Å². The van der Waals surface area contributed by atoms with Crippen molar-refractivity contribution in [3.63, 3.8) is 0 Å². The first kappa shape index (κ1) is 16.4. The third kappa shape index (κ3) is 4.27. The molecule has 0 aliphatic rings. The maximum absolute atomic E-state index is 14.1. The number of nitrogens with two attached hydrogens (primary N) is 1. The maximum atomic E-state index is 14.1. The summed E-state index contributed by atoms with van der Waals surface area (Å²) in [7, 11) is 1.94. The highest BCUT2D eigenvalue weighted by molar-refractivity contribution is 9.10. The molecule has 0 aliphatic carbocycles. The summed E-state index contributed by atoms with van der Waals surface area (Å²) >= 11 is 9.25. The van der Waals surface area contributed by atoms with Gasteiger partial charge in [0, 0.05) is 34.2 Å². The normalized spacial score (nSPS) is 12.7. The number of hydrogen-bond acceptors (Lipinski definition) is 2. The molecule has 2 rings (SSSR count). The molecule has 0 fully saturated rings. The number of rotatable bonds is 5. The van der Waals surface area contributed by atoms with E-state index < -0.39 is 0 Å². The average molecular weight is 372 g/mol. The van der Waals surface area contributed by atoms with Gasteiger partial charge in [-0.15, -0.1) is 0 Å². The zero-order valence-electron chi connectivity index (χ0n) is 11.7. The lowest BCUT2D eigenvalue weighted by molar-refractivity contribution is 0.236. The Bertz CT molecular complexity index is 621. The molecule has 2 N–H and O–H groups in total. The molecule has 0 aromatic heterocycles. The fraction of sp³-hybridized carbons (Fsp3) is 0.250. The van der Waals surface area contributed by atoms with Crippen molar-refractivity contribution in [2.75, 3.05) is 13.6 Å². The molecule has 2 aromatic carbocycles. The van der Waals surface area contributed by atoms with Crippen LogP contribution in [0.1, 0.15) is 17.2 Å². The Morgan fingerprint density at radius 3 is 2.67 bits per heavy atom. The van der Waals surface area contributed by atoms with E-state index in [0.29, 0.717) is 23.7 Å². The second kappa shape index (κ2) is 7.36. The number of likely N-dealkylation sites (N-methyl/N-ethyl adjacent to an activating group) is 1. The molecule has 1 unspecified atom stereocenters. The molecule has 0 amide bonds. The smallest absolute Gasteiger partial charge is 0.129 e. The van der Waals surface area contributed by atoms with Crippen molar-refractivity contribution in [2.24, 2.45) is 5.73 Å². The Morgan fingerprint density at radius 2 is 2.05 bits per heavy atom. The highest BCUT2D eigenvalue weighted by atomic mass is 79.9. The molecule has 0 heterocycles. The van der Waals surface area contributed by atoms with Crippen molar-refractivity contribution in [2.45, 2.75) is 12.6 Å². The molecule has 0 radical (unpaired) electrons. The van der Waals surface area contributed by atoms with Gasteiger partial charge in [0.15, 0.2) is 0 Å². The molecule has 112 valence electrons. The van der Waals surface area contributed by atoms with Crippen LogP contribution in [0, 0.1) is 5.82 Å². The van der Waals surface area contributed by atoms with Crippen LogP contribution in [0.5, 0.6) is 0 Å². The van der Waals surface area contributed by atoms with Crippen LogP contribution >= 0.6 is 27.5 Å². The number of nitrogens with zero attached hydrogens (tertiary/aromatic N) is 1. The van der Waals surface area contributed by atoms with Crippen LogP contribution in [0.2, 0.25) is 5.02 Å². The molecule has 1 atom stereocenters. The Balaban J connectivity index is 2.20. The van der Waals surface area contributed by atoms with Gasteiger partial charge in [-0.05, 0) is 36.9 Å². The van der Waals surface area contributed by atoms with Gasteiger partial charge in [-0.25, -0.2) is 4.39 Å². The molecular formula is C16H17BrClFN2. The quantitative estimate of drug-likeness (QED) is 0.845. The van der Waals surface area contributed by atoms with Crippen molar-refractivity contribution >= 4 is 27.5 Å². The highest BCUT2D eigenvalue weighted by Gasteiger charge is 2.19. The largest absolute Gasteiger partial charge is 0.329 e. The molecule has 0 saturated carbocycles. The van der Waals surface area contributed by atoms with E-state index in [1.165, 1.54) is 6.07 Å². The molecule has 0 bridgehead atoms. The zero-order chi connectivity index (χ0) is 15.4. The number of benzene rings is 2. The summed E-state index contributed by atoms with van der Waals surface area (Å²) in [5.41, 5.74) is 7.55.